The molecule has 1 aromatic heterocycles. The number of halogens is 2. The molecule has 8 heteroatoms. The SMILES string of the molecule is CCOc1ccc(C2c3c(oc4ccc(Br)cc4c3=O)C(=O)N2c2ccc(F)cc2)cc1OCC. The molecule has 0 spiro atoms. The van der Waals surface area contributed by atoms with Gasteiger partial charge < -0.3 is 13.9 Å². The summed E-state index contributed by atoms with van der Waals surface area (Å²) >= 11 is 3.40. The van der Waals surface area contributed by atoms with E-state index in [0.717, 1.165) is 0 Å². The van der Waals surface area contributed by atoms with E-state index in [-0.39, 0.29) is 16.8 Å². The van der Waals surface area contributed by atoms with E-state index < -0.39 is 17.8 Å². The normalized spacial score (nSPS) is 14.9. The van der Waals surface area contributed by atoms with Crippen molar-refractivity contribution in [2.75, 3.05) is 18.1 Å². The van der Waals surface area contributed by atoms with E-state index in [4.69, 9.17) is 13.9 Å². The zero-order valence-corrected chi connectivity index (χ0v) is 20.6. The van der Waals surface area contributed by atoms with Gasteiger partial charge in [-0.15, -0.1) is 0 Å². The first kappa shape index (κ1) is 23.1. The first-order valence-electron chi connectivity index (χ1n) is 11.2. The maximum Gasteiger partial charge on any atom is 0.295 e. The predicted octanol–water partition coefficient (Wildman–Crippen LogP) is 6.24. The molecule has 1 aliphatic rings. The molecule has 6 nitrogen and oxygen atoms in total. The van der Waals surface area contributed by atoms with Crippen LogP contribution < -0.4 is 19.8 Å². The van der Waals surface area contributed by atoms with Gasteiger partial charge in [-0.1, -0.05) is 22.0 Å². The summed E-state index contributed by atoms with van der Waals surface area (Å²) in [7, 11) is 0. The van der Waals surface area contributed by atoms with Gasteiger partial charge in [0.15, 0.2) is 16.9 Å². The molecule has 0 saturated heterocycles. The van der Waals surface area contributed by atoms with Crippen LogP contribution in [0.4, 0.5) is 10.1 Å². The summed E-state index contributed by atoms with van der Waals surface area (Å²) in [4.78, 5) is 28.8. The first-order chi connectivity index (χ1) is 16.9. The number of carbonyl (C=O) groups is 1. The molecular weight excluding hydrogens is 517 g/mol. The summed E-state index contributed by atoms with van der Waals surface area (Å²) in [5, 5.41) is 0.354. The standard InChI is InChI=1S/C27H21BrFNO5/c1-3-33-21-11-5-15(13-22(21)34-4-2)24-23-25(31)19-14-16(28)6-12-20(19)35-26(23)27(32)30(24)18-9-7-17(29)8-10-18/h5-14,24H,3-4H2,1-2H3. The number of nitrogens with zero attached hydrogens (tertiary/aromatic N) is 1. The largest absolute Gasteiger partial charge is 0.490 e. The molecule has 0 fully saturated rings. The van der Waals surface area contributed by atoms with Crippen molar-refractivity contribution in [2.45, 2.75) is 19.9 Å². The summed E-state index contributed by atoms with van der Waals surface area (Å²) in [5.74, 6) is 0.112. The lowest BCUT2D eigenvalue weighted by molar-refractivity contribution is 0.0971. The van der Waals surface area contributed by atoms with Crippen molar-refractivity contribution in [1.82, 2.24) is 0 Å². The number of benzene rings is 3. The molecule has 35 heavy (non-hydrogen) atoms. The van der Waals surface area contributed by atoms with Gasteiger partial charge in [-0.25, -0.2) is 4.39 Å². The van der Waals surface area contributed by atoms with E-state index in [0.29, 0.717) is 51.4 Å². The van der Waals surface area contributed by atoms with Crippen LogP contribution in [0.15, 0.2) is 74.3 Å². The van der Waals surface area contributed by atoms with E-state index >= 15 is 0 Å². The summed E-state index contributed by atoms with van der Waals surface area (Å²) in [6.07, 6.45) is 0. The fourth-order valence-electron chi connectivity index (χ4n) is 4.37. The molecule has 5 rings (SSSR count). The average molecular weight is 538 g/mol. The van der Waals surface area contributed by atoms with E-state index in [1.54, 1.807) is 36.4 Å². The van der Waals surface area contributed by atoms with Crippen molar-refractivity contribution < 1.29 is 23.1 Å². The summed E-state index contributed by atoms with van der Waals surface area (Å²) in [6.45, 7) is 4.60. The third-order valence-corrected chi connectivity index (χ3v) is 6.31. The Balaban J connectivity index is 1.78. The van der Waals surface area contributed by atoms with Crippen LogP contribution in [0, 0.1) is 5.82 Å². The van der Waals surface area contributed by atoms with Crippen LogP contribution in [-0.2, 0) is 0 Å². The average Bonchev–Trinajstić information content (AvgIpc) is 3.14. The molecule has 4 aromatic rings. The lowest BCUT2D eigenvalue weighted by atomic mass is 9.97. The highest BCUT2D eigenvalue weighted by atomic mass is 79.9. The molecule has 0 bridgehead atoms. The minimum Gasteiger partial charge on any atom is -0.490 e. The van der Waals surface area contributed by atoms with Gasteiger partial charge in [0.2, 0.25) is 5.76 Å². The molecule has 3 aromatic carbocycles. The zero-order valence-electron chi connectivity index (χ0n) is 19.0. The van der Waals surface area contributed by atoms with Crippen LogP contribution >= 0.6 is 15.9 Å². The van der Waals surface area contributed by atoms with Gasteiger partial charge in [0.25, 0.3) is 5.91 Å². The molecule has 178 valence electrons. The van der Waals surface area contributed by atoms with Crippen molar-refractivity contribution in [2.24, 2.45) is 0 Å². The lowest BCUT2D eigenvalue weighted by Crippen LogP contribution is -2.29. The Kier molecular flexibility index (Phi) is 6.06. The highest BCUT2D eigenvalue weighted by Crippen LogP contribution is 2.43. The highest BCUT2D eigenvalue weighted by molar-refractivity contribution is 9.10. The minimum absolute atomic E-state index is 0.0361. The number of anilines is 1. The first-order valence-corrected chi connectivity index (χ1v) is 12.0. The molecule has 0 aliphatic carbocycles. The number of rotatable bonds is 6. The van der Waals surface area contributed by atoms with Crippen molar-refractivity contribution in [1.29, 1.82) is 0 Å². The third-order valence-electron chi connectivity index (χ3n) is 5.82. The van der Waals surface area contributed by atoms with Crippen molar-refractivity contribution >= 4 is 38.5 Å². The molecule has 2 heterocycles. The molecule has 1 unspecified atom stereocenters. The Labute approximate surface area is 209 Å². The second-order valence-electron chi connectivity index (χ2n) is 7.94. The topological polar surface area (TPSA) is 69.0 Å². The molecule has 0 N–H and O–H groups in total. The number of hydrogen-bond donors (Lipinski definition) is 0. The van der Waals surface area contributed by atoms with Crippen LogP contribution in [-0.4, -0.2) is 19.1 Å². The summed E-state index contributed by atoms with van der Waals surface area (Å²) in [6, 6.07) is 15.1. The van der Waals surface area contributed by atoms with E-state index in [1.165, 1.54) is 29.2 Å². The van der Waals surface area contributed by atoms with Gasteiger partial charge in [-0.2, -0.15) is 0 Å². The second kappa shape index (κ2) is 9.19. The quantitative estimate of drug-likeness (QED) is 0.291. The Morgan fingerprint density at radius 3 is 2.37 bits per heavy atom. The Bertz CT molecular complexity index is 1500. The zero-order chi connectivity index (χ0) is 24.7. The number of carbonyl (C=O) groups excluding carboxylic acids is 1. The molecule has 1 amide bonds. The number of ether oxygens (including phenoxy) is 2. The maximum absolute atomic E-state index is 13.7. The smallest absolute Gasteiger partial charge is 0.295 e. The van der Waals surface area contributed by atoms with Crippen LogP contribution in [0.5, 0.6) is 11.5 Å². The van der Waals surface area contributed by atoms with Gasteiger partial charge in [0.1, 0.15) is 11.4 Å². The van der Waals surface area contributed by atoms with Crippen molar-refractivity contribution in [3.05, 3.63) is 98.1 Å². The van der Waals surface area contributed by atoms with Crippen LogP contribution in [0.25, 0.3) is 11.0 Å². The Morgan fingerprint density at radius 1 is 0.943 bits per heavy atom. The lowest BCUT2D eigenvalue weighted by Gasteiger charge is -2.26. The fraction of sp³-hybridized carbons (Fsp3) is 0.185. The number of amides is 1. The predicted molar refractivity (Wildman–Crippen MR) is 134 cm³/mol. The fourth-order valence-corrected chi connectivity index (χ4v) is 4.73. The van der Waals surface area contributed by atoms with E-state index in [2.05, 4.69) is 15.9 Å². The highest BCUT2D eigenvalue weighted by Gasteiger charge is 2.44. The summed E-state index contributed by atoms with van der Waals surface area (Å²) in [5.41, 5.74) is 1.29. The summed E-state index contributed by atoms with van der Waals surface area (Å²) < 4.78 is 31.9. The van der Waals surface area contributed by atoms with Gasteiger partial charge in [0, 0.05) is 10.2 Å². The minimum atomic E-state index is -0.808. The number of hydrogen-bond acceptors (Lipinski definition) is 5. The van der Waals surface area contributed by atoms with Gasteiger partial charge >= 0.3 is 0 Å². The molecule has 0 radical (unpaired) electrons. The molecule has 1 aliphatic heterocycles. The Hall–Kier alpha value is -3.65. The molecule has 0 saturated carbocycles. The van der Waals surface area contributed by atoms with E-state index in [1.807, 2.05) is 13.8 Å². The van der Waals surface area contributed by atoms with Crippen molar-refractivity contribution in [3.63, 3.8) is 0 Å². The van der Waals surface area contributed by atoms with Gasteiger partial charge in [0.05, 0.1) is 30.2 Å². The molecular formula is C27H21BrFNO5. The van der Waals surface area contributed by atoms with Crippen LogP contribution in [0.1, 0.15) is 41.6 Å². The third kappa shape index (κ3) is 3.97. The second-order valence-corrected chi connectivity index (χ2v) is 8.86. The molecule has 1 atom stereocenters. The maximum atomic E-state index is 13.7. The Morgan fingerprint density at radius 2 is 1.66 bits per heavy atom. The van der Waals surface area contributed by atoms with Crippen LogP contribution in [0.3, 0.4) is 0 Å². The van der Waals surface area contributed by atoms with Gasteiger partial charge in [-0.3, -0.25) is 14.5 Å². The van der Waals surface area contributed by atoms with Gasteiger partial charge in [-0.05, 0) is 74.0 Å². The van der Waals surface area contributed by atoms with Crippen molar-refractivity contribution in [3.8, 4) is 11.5 Å². The van der Waals surface area contributed by atoms with Crippen LogP contribution in [0.2, 0.25) is 0 Å². The van der Waals surface area contributed by atoms with E-state index in [9.17, 15) is 14.0 Å². The monoisotopic (exact) mass is 537 g/mol. The number of fused-ring (bicyclic) bond motifs is 2.